The van der Waals surface area contributed by atoms with Crippen LogP contribution in [0, 0.1) is 0 Å². The van der Waals surface area contributed by atoms with E-state index < -0.39 is 0 Å². The lowest BCUT2D eigenvalue weighted by atomic mass is 9.99. The summed E-state index contributed by atoms with van der Waals surface area (Å²) in [5.74, 6) is 0.189. The van der Waals surface area contributed by atoms with E-state index in [1.54, 1.807) is 0 Å². The molecule has 2 aliphatic rings. The molecule has 1 atom stereocenters. The van der Waals surface area contributed by atoms with Gasteiger partial charge in [-0.1, -0.05) is 54.6 Å². The highest BCUT2D eigenvalue weighted by atomic mass is 16.2. The molecule has 1 saturated heterocycles. The van der Waals surface area contributed by atoms with Crippen molar-refractivity contribution in [1.82, 2.24) is 15.1 Å². The van der Waals surface area contributed by atoms with E-state index in [1.807, 2.05) is 41.3 Å². The largest absolute Gasteiger partial charge is 0.353 e. The topological polar surface area (TPSA) is 52.7 Å². The molecule has 2 aliphatic heterocycles. The van der Waals surface area contributed by atoms with E-state index in [1.165, 1.54) is 11.1 Å². The molecule has 0 radical (unpaired) electrons. The highest BCUT2D eigenvalue weighted by Gasteiger charge is 2.31. The minimum atomic E-state index is -0.310. The van der Waals surface area contributed by atoms with Gasteiger partial charge in [-0.2, -0.15) is 0 Å². The molecule has 0 spiro atoms. The second kappa shape index (κ2) is 7.92. The predicted molar refractivity (Wildman–Crippen MR) is 104 cm³/mol. The molecule has 1 unspecified atom stereocenters. The van der Waals surface area contributed by atoms with Crippen molar-refractivity contribution in [3.05, 3.63) is 71.3 Å². The first-order chi connectivity index (χ1) is 13.2. The van der Waals surface area contributed by atoms with Crippen LogP contribution in [0.15, 0.2) is 54.6 Å². The van der Waals surface area contributed by atoms with E-state index in [9.17, 15) is 9.59 Å². The first kappa shape index (κ1) is 17.7. The Morgan fingerprint density at radius 1 is 1.00 bits per heavy atom. The molecular weight excluding hydrogens is 338 g/mol. The normalized spacial score (nSPS) is 20.1. The fraction of sp³-hybridized carbons (Fsp3) is 0.364. The van der Waals surface area contributed by atoms with Crippen LogP contribution in [0.4, 0.5) is 0 Å². The van der Waals surface area contributed by atoms with Crippen LogP contribution in [0.1, 0.15) is 29.2 Å². The van der Waals surface area contributed by atoms with E-state index in [0.717, 1.165) is 25.1 Å². The summed E-state index contributed by atoms with van der Waals surface area (Å²) in [6, 6.07) is 17.8. The number of piperazine rings is 1. The fourth-order valence-electron chi connectivity index (χ4n) is 4.06. The molecule has 0 aromatic heterocycles. The Labute approximate surface area is 160 Å². The average Bonchev–Trinajstić information content (AvgIpc) is 2.72. The summed E-state index contributed by atoms with van der Waals surface area (Å²) >= 11 is 0. The molecule has 1 N–H and O–H groups in total. The number of nitrogens with one attached hydrogen (secondary N) is 1. The molecule has 2 aromatic carbocycles. The molecule has 0 bridgehead atoms. The lowest BCUT2D eigenvalue weighted by molar-refractivity contribution is -0.135. The zero-order valence-electron chi connectivity index (χ0n) is 15.4. The second-order valence-electron chi connectivity index (χ2n) is 7.22. The van der Waals surface area contributed by atoms with Crippen molar-refractivity contribution >= 4 is 11.8 Å². The Kier molecular flexibility index (Phi) is 5.21. The van der Waals surface area contributed by atoms with Crippen LogP contribution in [0.3, 0.4) is 0 Å². The molecule has 0 aliphatic carbocycles. The number of hydrogen-bond acceptors (Lipinski definition) is 3. The molecule has 27 heavy (non-hydrogen) atoms. The van der Waals surface area contributed by atoms with Crippen molar-refractivity contribution < 1.29 is 9.59 Å². The second-order valence-corrected chi connectivity index (χ2v) is 7.22. The summed E-state index contributed by atoms with van der Waals surface area (Å²) in [6.07, 6.45) is 1.36. The minimum absolute atomic E-state index is 0.0202. The molecular formula is C22H25N3O2. The molecule has 2 heterocycles. The van der Waals surface area contributed by atoms with Crippen LogP contribution in [0.5, 0.6) is 0 Å². The summed E-state index contributed by atoms with van der Waals surface area (Å²) < 4.78 is 0. The van der Waals surface area contributed by atoms with Gasteiger partial charge in [0, 0.05) is 39.1 Å². The van der Waals surface area contributed by atoms with E-state index in [0.29, 0.717) is 26.1 Å². The van der Waals surface area contributed by atoms with Gasteiger partial charge >= 0.3 is 0 Å². The lowest BCUT2D eigenvalue weighted by Crippen LogP contribution is -2.50. The van der Waals surface area contributed by atoms with Gasteiger partial charge in [0.25, 0.3) is 0 Å². The van der Waals surface area contributed by atoms with Gasteiger partial charge in [-0.3, -0.25) is 14.5 Å². The van der Waals surface area contributed by atoms with E-state index >= 15 is 0 Å². The zero-order valence-corrected chi connectivity index (χ0v) is 15.4. The van der Waals surface area contributed by atoms with Gasteiger partial charge in [0.15, 0.2) is 0 Å². The molecule has 1 fully saturated rings. The molecule has 0 saturated carbocycles. The number of fused-ring (bicyclic) bond motifs is 1. The number of carbonyl (C=O) groups excluding carboxylic acids is 2. The minimum Gasteiger partial charge on any atom is -0.353 e. The third-order valence-electron chi connectivity index (χ3n) is 5.52. The number of amides is 2. The fourth-order valence-corrected chi connectivity index (χ4v) is 4.06. The highest BCUT2D eigenvalue weighted by Crippen LogP contribution is 2.24. The lowest BCUT2D eigenvalue weighted by Gasteiger charge is -2.36. The summed E-state index contributed by atoms with van der Waals surface area (Å²) in [7, 11) is 0. The molecule has 5 heteroatoms. The van der Waals surface area contributed by atoms with Crippen molar-refractivity contribution in [1.29, 1.82) is 0 Å². The van der Waals surface area contributed by atoms with Crippen LogP contribution in [-0.2, 0) is 22.6 Å². The average molecular weight is 363 g/mol. The quantitative estimate of drug-likeness (QED) is 0.905. The van der Waals surface area contributed by atoms with Gasteiger partial charge in [-0.25, -0.2) is 0 Å². The maximum Gasteiger partial charge on any atom is 0.242 e. The summed E-state index contributed by atoms with van der Waals surface area (Å²) in [6.45, 7) is 3.47. The first-order valence-corrected chi connectivity index (χ1v) is 9.63. The standard InChI is InChI=1S/C22H25N3O2/c26-20(25-13-10-17-6-4-5-9-19(17)16-25)11-14-24-15-12-23-22(27)21(24)18-7-2-1-3-8-18/h1-9,21H,10-16H2,(H,23,27). The van der Waals surface area contributed by atoms with Gasteiger partial charge in [0.1, 0.15) is 6.04 Å². The van der Waals surface area contributed by atoms with Crippen LogP contribution in [0.2, 0.25) is 0 Å². The van der Waals surface area contributed by atoms with Gasteiger partial charge in [0.2, 0.25) is 11.8 Å². The van der Waals surface area contributed by atoms with Crippen LogP contribution in [-0.4, -0.2) is 47.8 Å². The monoisotopic (exact) mass is 363 g/mol. The van der Waals surface area contributed by atoms with Gasteiger partial charge < -0.3 is 10.2 Å². The third kappa shape index (κ3) is 3.88. The number of nitrogens with zero attached hydrogens (tertiary/aromatic N) is 2. The maximum atomic E-state index is 12.8. The Hall–Kier alpha value is -2.66. The Morgan fingerprint density at radius 2 is 1.74 bits per heavy atom. The van der Waals surface area contributed by atoms with Crippen LogP contribution < -0.4 is 5.32 Å². The number of benzene rings is 2. The van der Waals surface area contributed by atoms with Gasteiger partial charge in [-0.15, -0.1) is 0 Å². The van der Waals surface area contributed by atoms with Crippen LogP contribution in [0.25, 0.3) is 0 Å². The third-order valence-corrected chi connectivity index (χ3v) is 5.52. The Bertz CT molecular complexity index is 821. The van der Waals surface area contributed by atoms with Gasteiger partial charge in [0.05, 0.1) is 0 Å². The van der Waals surface area contributed by atoms with Crippen LogP contribution >= 0.6 is 0 Å². The Morgan fingerprint density at radius 3 is 2.56 bits per heavy atom. The van der Waals surface area contributed by atoms with Crippen molar-refractivity contribution in [3.8, 4) is 0 Å². The Balaban J connectivity index is 1.40. The summed E-state index contributed by atoms with van der Waals surface area (Å²) in [4.78, 5) is 29.3. The maximum absolute atomic E-state index is 12.8. The number of carbonyl (C=O) groups is 2. The zero-order chi connectivity index (χ0) is 18.6. The smallest absolute Gasteiger partial charge is 0.242 e. The summed E-state index contributed by atoms with van der Waals surface area (Å²) in [5, 5.41) is 2.95. The highest BCUT2D eigenvalue weighted by molar-refractivity contribution is 5.84. The van der Waals surface area contributed by atoms with Crippen molar-refractivity contribution in [3.63, 3.8) is 0 Å². The molecule has 2 amide bonds. The molecule has 140 valence electrons. The van der Waals surface area contributed by atoms with Crippen molar-refractivity contribution in [2.45, 2.75) is 25.4 Å². The van der Waals surface area contributed by atoms with E-state index in [4.69, 9.17) is 0 Å². The number of hydrogen-bond donors (Lipinski definition) is 1. The van der Waals surface area contributed by atoms with E-state index in [-0.39, 0.29) is 17.9 Å². The number of rotatable bonds is 4. The first-order valence-electron chi connectivity index (χ1n) is 9.63. The SMILES string of the molecule is O=C1NCCN(CCC(=O)N2CCc3ccccc3C2)C1c1ccccc1. The van der Waals surface area contributed by atoms with E-state index in [2.05, 4.69) is 28.4 Å². The van der Waals surface area contributed by atoms with Crippen molar-refractivity contribution in [2.75, 3.05) is 26.2 Å². The molecule has 2 aromatic rings. The summed E-state index contributed by atoms with van der Waals surface area (Å²) in [5.41, 5.74) is 3.57. The predicted octanol–water partition coefficient (Wildman–Crippen LogP) is 2.13. The van der Waals surface area contributed by atoms with Gasteiger partial charge in [-0.05, 0) is 23.1 Å². The molecule has 5 nitrogen and oxygen atoms in total. The van der Waals surface area contributed by atoms with Crippen molar-refractivity contribution in [2.24, 2.45) is 0 Å². The molecule has 4 rings (SSSR count).